The molecule has 1 heterocycles. The molecule has 0 bridgehead atoms. The van der Waals surface area contributed by atoms with Gasteiger partial charge in [-0.15, -0.1) is 0 Å². The van der Waals surface area contributed by atoms with Gasteiger partial charge in [-0.1, -0.05) is 60.5 Å². The van der Waals surface area contributed by atoms with Gasteiger partial charge in [0, 0.05) is 25.9 Å². The number of rotatable bonds is 5. The predicted molar refractivity (Wildman–Crippen MR) is 117 cm³/mol. The highest BCUT2D eigenvalue weighted by Gasteiger charge is 2.45. The first kappa shape index (κ1) is 20.6. The van der Waals surface area contributed by atoms with Crippen LogP contribution in [0.15, 0.2) is 48.5 Å². The first-order valence-corrected chi connectivity index (χ1v) is 10.8. The second-order valence-electron chi connectivity index (χ2n) is 8.55. The molecule has 4 rings (SSSR count). The molecule has 1 saturated carbocycles. The van der Waals surface area contributed by atoms with Gasteiger partial charge >= 0.3 is 0 Å². The van der Waals surface area contributed by atoms with Crippen LogP contribution in [0, 0.1) is 12.8 Å². The van der Waals surface area contributed by atoms with Gasteiger partial charge in [0.1, 0.15) is 0 Å². The molecule has 0 radical (unpaired) electrons. The first-order valence-electron chi connectivity index (χ1n) is 10.8. The van der Waals surface area contributed by atoms with E-state index in [0.29, 0.717) is 26.1 Å². The Hall–Kier alpha value is -2.66. The average molecular weight is 407 g/mol. The predicted octanol–water partition coefficient (Wildman–Crippen LogP) is 3.35. The van der Waals surface area contributed by atoms with Crippen LogP contribution in [-0.4, -0.2) is 49.1 Å². The van der Waals surface area contributed by atoms with E-state index in [2.05, 4.69) is 48.6 Å². The summed E-state index contributed by atoms with van der Waals surface area (Å²) in [7, 11) is 1.63. The van der Waals surface area contributed by atoms with Crippen LogP contribution < -0.4 is 5.32 Å². The van der Waals surface area contributed by atoms with Crippen LogP contribution in [0.2, 0.25) is 0 Å². The van der Waals surface area contributed by atoms with Gasteiger partial charge in [0.15, 0.2) is 5.60 Å². The van der Waals surface area contributed by atoms with Crippen molar-refractivity contribution in [1.29, 1.82) is 0 Å². The zero-order chi connectivity index (χ0) is 21.1. The van der Waals surface area contributed by atoms with Crippen molar-refractivity contribution in [2.45, 2.75) is 38.2 Å². The average Bonchev–Trinajstić information content (AvgIpc) is 2.72. The molecule has 0 aromatic heterocycles. The molecule has 2 aromatic rings. The van der Waals surface area contributed by atoms with Crippen molar-refractivity contribution in [2.24, 2.45) is 5.92 Å². The second kappa shape index (κ2) is 8.60. The molecule has 2 fully saturated rings. The van der Waals surface area contributed by atoms with Gasteiger partial charge in [-0.3, -0.25) is 9.59 Å². The fourth-order valence-electron chi connectivity index (χ4n) is 4.37. The Morgan fingerprint density at radius 2 is 1.90 bits per heavy atom. The van der Waals surface area contributed by atoms with E-state index < -0.39 is 5.60 Å². The molecule has 1 saturated heterocycles. The molecule has 30 heavy (non-hydrogen) atoms. The third-order valence-electron chi connectivity index (χ3n) is 6.39. The Balaban J connectivity index is 1.58. The van der Waals surface area contributed by atoms with Crippen LogP contribution in [0.25, 0.3) is 11.1 Å². The summed E-state index contributed by atoms with van der Waals surface area (Å²) in [5, 5.41) is 2.76. The van der Waals surface area contributed by atoms with E-state index in [1.807, 2.05) is 17.0 Å². The smallest absolute Gasteiger partial charge is 0.254 e. The van der Waals surface area contributed by atoms with E-state index in [4.69, 9.17) is 4.74 Å². The number of nitrogens with zero attached hydrogens (tertiary/aromatic N) is 1. The van der Waals surface area contributed by atoms with Crippen LogP contribution in [0.1, 0.15) is 30.4 Å². The van der Waals surface area contributed by atoms with Crippen LogP contribution in [-0.2, 0) is 20.7 Å². The van der Waals surface area contributed by atoms with Crippen LogP contribution in [0.3, 0.4) is 0 Å². The van der Waals surface area contributed by atoms with Crippen molar-refractivity contribution in [1.82, 2.24) is 10.2 Å². The molecule has 158 valence electrons. The number of benzene rings is 2. The van der Waals surface area contributed by atoms with Crippen molar-refractivity contribution in [3.05, 3.63) is 59.7 Å². The first-order chi connectivity index (χ1) is 14.5. The lowest BCUT2D eigenvalue weighted by Gasteiger charge is -2.43. The second-order valence-corrected chi connectivity index (χ2v) is 8.55. The van der Waals surface area contributed by atoms with Gasteiger partial charge in [-0.05, 0) is 36.5 Å². The molecule has 2 amide bonds. The molecule has 2 aromatic carbocycles. The molecule has 2 aliphatic rings. The van der Waals surface area contributed by atoms with E-state index in [9.17, 15) is 9.59 Å². The maximum absolute atomic E-state index is 12.9. The van der Waals surface area contributed by atoms with E-state index >= 15 is 0 Å². The normalized spacial score (nSPS) is 21.7. The summed E-state index contributed by atoms with van der Waals surface area (Å²) >= 11 is 0. The van der Waals surface area contributed by atoms with E-state index in [-0.39, 0.29) is 17.7 Å². The molecule has 1 atom stereocenters. The topological polar surface area (TPSA) is 58.6 Å². The highest BCUT2D eigenvalue weighted by molar-refractivity contribution is 5.87. The number of morpholine rings is 1. The molecule has 5 heteroatoms. The van der Waals surface area contributed by atoms with E-state index in [1.165, 1.54) is 5.56 Å². The Kier molecular flexibility index (Phi) is 5.91. The summed E-state index contributed by atoms with van der Waals surface area (Å²) in [6.45, 7) is 3.31. The lowest BCUT2D eigenvalue weighted by atomic mass is 9.83. The summed E-state index contributed by atoms with van der Waals surface area (Å²) in [4.78, 5) is 27.6. The number of hydrogen-bond acceptors (Lipinski definition) is 3. The van der Waals surface area contributed by atoms with Crippen molar-refractivity contribution >= 4 is 11.8 Å². The Labute approximate surface area is 178 Å². The Bertz CT molecular complexity index is 920. The number of ether oxygens (including phenoxy) is 1. The zero-order valence-corrected chi connectivity index (χ0v) is 17.8. The SMILES string of the molecule is CNC(=O)C1(Cc2cccc(-c3ccc(C)cc3)c2)CN(C(=O)C2CCC2)CCO1. The summed E-state index contributed by atoms with van der Waals surface area (Å²) in [5.41, 5.74) is 3.44. The minimum absolute atomic E-state index is 0.121. The van der Waals surface area contributed by atoms with Crippen molar-refractivity contribution in [3.63, 3.8) is 0 Å². The molecule has 1 aliphatic carbocycles. The summed E-state index contributed by atoms with van der Waals surface area (Å²) in [6, 6.07) is 16.7. The van der Waals surface area contributed by atoms with Gasteiger partial charge in [0.05, 0.1) is 13.2 Å². The van der Waals surface area contributed by atoms with Crippen LogP contribution in [0.5, 0.6) is 0 Å². The van der Waals surface area contributed by atoms with E-state index in [0.717, 1.165) is 36.0 Å². The molecular formula is C25H30N2O3. The van der Waals surface area contributed by atoms with Gasteiger partial charge in [0.25, 0.3) is 5.91 Å². The van der Waals surface area contributed by atoms with Crippen LogP contribution >= 0.6 is 0 Å². The van der Waals surface area contributed by atoms with Crippen LogP contribution in [0.4, 0.5) is 0 Å². The lowest BCUT2D eigenvalue weighted by molar-refractivity contribution is -0.168. The number of hydrogen-bond donors (Lipinski definition) is 1. The van der Waals surface area contributed by atoms with E-state index in [1.54, 1.807) is 7.05 Å². The number of nitrogens with one attached hydrogen (secondary N) is 1. The Morgan fingerprint density at radius 1 is 1.13 bits per heavy atom. The largest absolute Gasteiger partial charge is 0.361 e. The molecular weight excluding hydrogens is 376 g/mol. The summed E-state index contributed by atoms with van der Waals surface area (Å²) < 4.78 is 6.09. The maximum Gasteiger partial charge on any atom is 0.254 e. The third kappa shape index (κ3) is 4.12. The highest BCUT2D eigenvalue weighted by atomic mass is 16.5. The molecule has 1 unspecified atom stereocenters. The van der Waals surface area contributed by atoms with Gasteiger partial charge in [-0.2, -0.15) is 0 Å². The molecule has 1 aliphatic heterocycles. The van der Waals surface area contributed by atoms with Gasteiger partial charge < -0.3 is 15.0 Å². The monoisotopic (exact) mass is 406 g/mol. The maximum atomic E-state index is 12.9. The minimum atomic E-state index is -1.06. The number of carbonyl (C=O) groups is 2. The van der Waals surface area contributed by atoms with Gasteiger partial charge in [-0.25, -0.2) is 0 Å². The quantitative estimate of drug-likeness (QED) is 0.829. The van der Waals surface area contributed by atoms with Crippen molar-refractivity contribution in [2.75, 3.05) is 26.7 Å². The van der Waals surface area contributed by atoms with Crippen molar-refractivity contribution in [3.8, 4) is 11.1 Å². The molecule has 0 spiro atoms. The fraction of sp³-hybridized carbons (Fsp3) is 0.440. The highest BCUT2D eigenvalue weighted by Crippen LogP contribution is 2.32. The number of carbonyl (C=O) groups excluding carboxylic acids is 2. The molecule has 5 nitrogen and oxygen atoms in total. The zero-order valence-electron chi connectivity index (χ0n) is 17.8. The fourth-order valence-corrected chi connectivity index (χ4v) is 4.37. The number of aryl methyl sites for hydroxylation is 1. The number of likely N-dealkylation sites (N-methyl/N-ethyl adjacent to an activating group) is 1. The lowest BCUT2D eigenvalue weighted by Crippen LogP contribution is -2.62. The number of amides is 2. The third-order valence-corrected chi connectivity index (χ3v) is 6.39. The standard InChI is InChI=1S/C25H30N2O3/c1-18-9-11-20(12-10-18)22-8-3-5-19(15-22)16-25(24(29)26-2)17-27(13-14-30-25)23(28)21-6-4-7-21/h3,5,8-12,15,21H,4,6-7,13-14,16-17H2,1-2H3,(H,26,29). The summed E-state index contributed by atoms with van der Waals surface area (Å²) in [5.74, 6) is 0.121. The minimum Gasteiger partial charge on any atom is -0.361 e. The Morgan fingerprint density at radius 3 is 2.57 bits per heavy atom. The van der Waals surface area contributed by atoms with Gasteiger partial charge in [0.2, 0.25) is 5.91 Å². The van der Waals surface area contributed by atoms with Crippen molar-refractivity contribution < 1.29 is 14.3 Å². The molecule has 1 N–H and O–H groups in total. The summed E-state index contributed by atoms with van der Waals surface area (Å²) in [6.07, 6.45) is 3.47.